The van der Waals surface area contributed by atoms with E-state index in [4.69, 9.17) is 11.6 Å². The van der Waals surface area contributed by atoms with E-state index in [1.807, 2.05) is 6.07 Å². The number of benzene rings is 2. The highest BCUT2D eigenvalue weighted by molar-refractivity contribution is 6.36. The van der Waals surface area contributed by atoms with Gasteiger partial charge in [-0.05, 0) is 42.7 Å². The molecule has 0 bridgehead atoms. The number of halogens is 7. The van der Waals surface area contributed by atoms with Crippen molar-refractivity contribution in [3.63, 3.8) is 0 Å². The SMILES string of the molecule is [2H]C(Nc1cc(Cl)c2ncc(C#N)c(Nc3cnc(F)c(F)c3)c2c1)(C1=CN(C2(C(F)(F)F)CC2)NN1)c1ccc(F)cc1. The van der Waals surface area contributed by atoms with E-state index in [-0.39, 0.29) is 62.7 Å². The van der Waals surface area contributed by atoms with Crippen LogP contribution in [0.25, 0.3) is 10.9 Å². The van der Waals surface area contributed by atoms with E-state index in [2.05, 4.69) is 31.6 Å². The molecule has 220 valence electrons. The van der Waals surface area contributed by atoms with Gasteiger partial charge in [0.05, 0.1) is 46.8 Å². The van der Waals surface area contributed by atoms with Crippen molar-refractivity contribution in [1.29, 1.82) is 5.26 Å². The molecule has 15 heteroatoms. The molecule has 43 heavy (non-hydrogen) atoms. The first kappa shape index (κ1) is 27.1. The Hall–Kier alpha value is -4.74. The number of nitrogens with zero attached hydrogens (tertiary/aromatic N) is 4. The predicted octanol–water partition coefficient (Wildman–Crippen LogP) is 6.73. The van der Waals surface area contributed by atoms with Gasteiger partial charge in [0, 0.05) is 29.5 Å². The summed E-state index contributed by atoms with van der Waals surface area (Å²) < 4.78 is 92.1. The minimum Gasteiger partial charge on any atom is -0.373 e. The summed E-state index contributed by atoms with van der Waals surface area (Å²) in [4.78, 5) is 7.56. The van der Waals surface area contributed by atoms with Crippen LogP contribution in [-0.2, 0) is 0 Å². The largest absolute Gasteiger partial charge is 0.413 e. The van der Waals surface area contributed by atoms with Crippen molar-refractivity contribution in [3.8, 4) is 6.07 Å². The highest BCUT2D eigenvalue weighted by Gasteiger charge is 2.67. The number of alkyl halides is 3. The van der Waals surface area contributed by atoms with Gasteiger partial charge in [0.25, 0.3) is 0 Å². The molecule has 2 aromatic carbocycles. The van der Waals surface area contributed by atoms with Gasteiger partial charge in [-0.15, -0.1) is 5.53 Å². The van der Waals surface area contributed by atoms with E-state index in [0.29, 0.717) is 0 Å². The fourth-order valence-corrected chi connectivity index (χ4v) is 4.96. The number of hydrogen-bond donors (Lipinski definition) is 4. The van der Waals surface area contributed by atoms with E-state index >= 15 is 0 Å². The molecule has 0 saturated heterocycles. The Morgan fingerprint density at radius 1 is 1.07 bits per heavy atom. The number of pyridine rings is 2. The van der Waals surface area contributed by atoms with Gasteiger partial charge in [-0.25, -0.2) is 13.8 Å². The predicted molar refractivity (Wildman–Crippen MR) is 146 cm³/mol. The second-order valence-electron chi connectivity index (χ2n) is 9.82. The molecule has 1 aliphatic heterocycles. The van der Waals surface area contributed by atoms with E-state index in [1.54, 1.807) is 0 Å². The molecule has 3 heterocycles. The van der Waals surface area contributed by atoms with Crippen LogP contribution in [0.15, 0.2) is 66.8 Å². The molecule has 1 unspecified atom stereocenters. The first-order valence-electron chi connectivity index (χ1n) is 13.1. The molecule has 4 N–H and O–H groups in total. The summed E-state index contributed by atoms with van der Waals surface area (Å²) in [5.41, 5.74) is 3.57. The summed E-state index contributed by atoms with van der Waals surface area (Å²) in [7, 11) is 0. The highest BCUT2D eigenvalue weighted by Crippen LogP contribution is 2.53. The number of nitrogens with one attached hydrogen (secondary N) is 4. The van der Waals surface area contributed by atoms with Gasteiger partial charge in [-0.1, -0.05) is 23.7 Å². The molecule has 2 aromatic heterocycles. The van der Waals surface area contributed by atoms with Gasteiger partial charge in [-0.3, -0.25) is 9.99 Å². The zero-order chi connectivity index (χ0) is 31.4. The van der Waals surface area contributed by atoms with Gasteiger partial charge >= 0.3 is 6.18 Å². The lowest BCUT2D eigenvalue weighted by atomic mass is 10.0. The van der Waals surface area contributed by atoms with Crippen molar-refractivity contribution >= 4 is 39.6 Å². The molecular weight excluding hydrogens is 598 g/mol. The Morgan fingerprint density at radius 3 is 2.47 bits per heavy atom. The summed E-state index contributed by atoms with van der Waals surface area (Å²) in [6.07, 6.45) is -1.48. The van der Waals surface area contributed by atoms with Crippen LogP contribution in [0.1, 0.15) is 31.4 Å². The third-order valence-corrected chi connectivity index (χ3v) is 7.35. The number of nitriles is 1. The first-order valence-corrected chi connectivity index (χ1v) is 13.0. The maximum atomic E-state index is 13.9. The quantitative estimate of drug-likeness (QED) is 0.134. The molecule has 0 radical (unpaired) electrons. The van der Waals surface area contributed by atoms with Crippen molar-refractivity contribution in [3.05, 3.63) is 100 Å². The zero-order valence-corrected chi connectivity index (χ0v) is 22.4. The van der Waals surface area contributed by atoms with E-state index in [1.165, 1.54) is 30.5 Å². The van der Waals surface area contributed by atoms with E-state index < -0.39 is 35.3 Å². The van der Waals surface area contributed by atoms with Gasteiger partial charge in [-0.2, -0.15) is 22.8 Å². The molecule has 8 nitrogen and oxygen atoms in total. The third-order valence-electron chi connectivity index (χ3n) is 7.06. The van der Waals surface area contributed by atoms with Crippen molar-refractivity contribution in [2.24, 2.45) is 0 Å². The van der Waals surface area contributed by atoms with Gasteiger partial charge in [0.15, 0.2) is 11.4 Å². The van der Waals surface area contributed by atoms with Gasteiger partial charge in [0.1, 0.15) is 11.9 Å². The summed E-state index contributed by atoms with van der Waals surface area (Å²) in [5, 5.41) is 16.7. The second-order valence-corrected chi connectivity index (χ2v) is 10.2. The summed E-state index contributed by atoms with van der Waals surface area (Å²) in [5.74, 6) is -3.14. The molecule has 0 spiro atoms. The average molecular weight is 618 g/mol. The molecule has 1 saturated carbocycles. The maximum Gasteiger partial charge on any atom is 0.413 e. The van der Waals surface area contributed by atoms with Crippen LogP contribution in [0.5, 0.6) is 0 Å². The Kier molecular flexibility index (Phi) is 6.63. The topological polar surface area (TPSA) is 101 Å². The Balaban J connectivity index is 1.45. The van der Waals surface area contributed by atoms with Crippen molar-refractivity contribution in [2.75, 3.05) is 10.6 Å². The standard InChI is InChI=1S/C28H19ClF6N8/c29-20-8-17(7-19-23(15(10-36)11-37-25(19)20)40-18-9-21(31)26(32)38-12-18)39-24(14-1-3-16(30)4-2-14)22-13-43(42-41-22)27(5-6-27)28(33,34)35/h1-4,7-9,11-13,24,39,41-42H,5-6H2,(H,37,40)/i24D. The molecule has 1 aliphatic carbocycles. The summed E-state index contributed by atoms with van der Waals surface area (Å²) in [6, 6.07) is 8.46. The van der Waals surface area contributed by atoms with Crippen LogP contribution in [0.4, 0.5) is 43.4 Å². The lowest BCUT2D eigenvalue weighted by Crippen LogP contribution is -2.52. The molecule has 6 rings (SSSR count). The smallest absolute Gasteiger partial charge is 0.373 e. The Bertz CT molecular complexity index is 1860. The summed E-state index contributed by atoms with van der Waals surface area (Å²) in [6.45, 7) is 0. The Morgan fingerprint density at radius 2 is 1.81 bits per heavy atom. The van der Waals surface area contributed by atoms with E-state index in [9.17, 15) is 33.0 Å². The minimum absolute atomic E-state index is 0.00742. The lowest BCUT2D eigenvalue weighted by molar-refractivity contribution is -0.195. The second kappa shape index (κ2) is 10.5. The van der Waals surface area contributed by atoms with E-state index in [0.717, 1.165) is 35.6 Å². The molecule has 1 atom stereocenters. The minimum atomic E-state index is -4.55. The van der Waals surface area contributed by atoms with Crippen molar-refractivity contribution in [2.45, 2.75) is 30.6 Å². The van der Waals surface area contributed by atoms with Crippen LogP contribution in [0.3, 0.4) is 0 Å². The number of aromatic nitrogens is 2. The van der Waals surface area contributed by atoms with Gasteiger partial charge < -0.3 is 16.1 Å². The molecule has 0 amide bonds. The number of hydrogen-bond acceptors (Lipinski definition) is 8. The van der Waals surface area contributed by atoms with Crippen LogP contribution in [0.2, 0.25) is 5.02 Å². The van der Waals surface area contributed by atoms with Crippen LogP contribution in [0, 0.1) is 28.9 Å². The van der Waals surface area contributed by atoms with Gasteiger partial charge in [0.2, 0.25) is 5.95 Å². The number of rotatable bonds is 7. The molecular formula is C28H19ClF6N8. The number of fused-ring (bicyclic) bond motifs is 1. The fraction of sp³-hybridized carbons (Fsp3) is 0.179. The number of hydrazine groups is 2. The lowest BCUT2D eigenvalue weighted by Gasteiger charge is -2.28. The number of anilines is 3. The fourth-order valence-electron chi connectivity index (χ4n) is 4.69. The van der Waals surface area contributed by atoms with Crippen LogP contribution >= 0.6 is 11.6 Å². The molecule has 2 aliphatic rings. The highest BCUT2D eigenvalue weighted by atomic mass is 35.5. The molecule has 1 fully saturated rings. The maximum absolute atomic E-state index is 13.9. The van der Waals surface area contributed by atoms with Crippen molar-refractivity contribution < 1.29 is 27.7 Å². The molecule has 4 aromatic rings. The average Bonchev–Trinajstić information content (AvgIpc) is 3.65. The summed E-state index contributed by atoms with van der Waals surface area (Å²) >= 11 is 6.55. The Labute approximate surface area is 246 Å². The van der Waals surface area contributed by atoms with Crippen LogP contribution in [-0.4, -0.2) is 26.7 Å². The third kappa shape index (κ3) is 5.21. The first-order chi connectivity index (χ1) is 20.8. The zero-order valence-electron chi connectivity index (χ0n) is 22.6. The monoisotopic (exact) mass is 617 g/mol. The van der Waals surface area contributed by atoms with Crippen molar-refractivity contribution in [1.82, 2.24) is 25.9 Å². The van der Waals surface area contributed by atoms with Crippen LogP contribution < -0.4 is 21.6 Å². The normalized spacial score (nSPS) is 17.4.